The van der Waals surface area contributed by atoms with Crippen molar-refractivity contribution < 1.29 is 4.79 Å². The second-order valence-electron chi connectivity index (χ2n) is 2.89. The van der Waals surface area contributed by atoms with Crippen molar-refractivity contribution in [1.82, 2.24) is 10.3 Å². The fourth-order valence-electron chi connectivity index (χ4n) is 1.46. The van der Waals surface area contributed by atoms with Crippen LogP contribution < -0.4 is 5.32 Å². The van der Waals surface area contributed by atoms with Gasteiger partial charge in [-0.3, -0.25) is 9.78 Å². The monoisotopic (exact) mass is 162 g/mol. The lowest BCUT2D eigenvalue weighted by Gasteiger charge is -2.03. The maximum atomic E-state index is 11.2. The van der Waals surface area contributed by atoms with Crippen LogP contribution >= 0.6 is 0 Å². The van der Waals surface area contributed by atoms with Crippen molar-refractivity contribution >= 4 is 5.91 Å². The summed E-state index contributed by atoms with van der Waals surface area (Å²) >= 11 is 0. The van der Waals surface area contributed by atoms with E-state index in [-0.39, 0.29) is 11.8 Å². The Balaban J connectivity index is 2.25. The normalized spacial score (nSPS) is 22.3. The first-order valence-electron chi connectivity index (χ1n) is 4.06. The van der Waals surface area contributed by atoms with Crippen molar-refractivity contribution in [1.29, 1.82) is 0 Å². The van der Waals surface area contributed by atoms with Crippen LogP contribution in [0.15, 0.2) is 24.4 Å². The first-order valence-corrected chi connectivity index (χ1v) is 4.06. The van der Waals surface area contributed by atoms with Gasteiger partial charge >= 0.3 is 0 Å². The molecule has 1 amide bonds. The van der Waals surface area contributed by atoms with Gasteiger partial charge in [0.25, 0.3) is 0 Å². The van der Waals surface area contributed by atoms with Gasteiger partial charge in [-0.05, 0) is 18.6 Å². The molecule has 2 rings (SSSR count). The highest BCUT2D eigenvalue weighted by Gasteiger charge is 2.26. The van der Waals surface area contributed by atoms with Gasteiger partial charge in [-0.2, -0.15) is 0 Å². The number of nitrogens with zero attached hydrogens (tertiary/aromatic N) is 1. The number of hydrogen-bond acceptors (Lipinski definition) is 2. The second kappa shape index (κ2) is 2.93. The Morgan fingerprint density at radius 3 is 3.00 bits per heavy atom. The summed E-state index contributed by atoms with van der Waals surface area (Å²) < 4.78 is 0. The van der Waals surface area contributed by atoms with Gasteiger partial charge in [-0.25, -0.2) is 0 Å². The van der Waals surface area contributed by atoms with Crippen molar-refractivity contribution in [2.45, 2.75) is 12.3 Å². The fourth-order valence-corrected chi connectivity index (χ4v) is 1.46. The molecule has 2 heterocycles. The molecule has 1 atom stereocenters. The molecule has 3 nitrogen and oxygen atoms in total. The fraction of sp³-hybridized carbons (Fsp3) is 0.333. The molecule has 1 aliphatic heterocycles. The van der Waals surface area contributed by atoms with Crippen LogP contribution in [0.25, 0.3) is 0 Å². The third-order valence-electron chi connectivity index (χ3n) is 2.09. The molecule has 1 saturated heterocycles. The molecule has 1 aliphatic rings. The Morgan fingerprint density at radius 2 is 2.42 bits per heavy atom. The first-order chi connectivity index (χ1) is 5.88. The van der Waals surface area contributed by atoms with Crippen molar-refractivity contribution in [3.63, 3.8) is 0 Å². The van der Waals surface area contributed by atoms with Crippen LogP contribution in [0.2, 0.25) is 0 Å². The molecule has 1 unspecified atom stereocenters. The highest BCUT2D eigenvalue weighted by molar-refractivity contribution is 5.85. The SMILES string of the molecule is O=C1NCCC1c1ccccn1. The molecular weight excluding hydrogens is 152 g/mol. The van der Waals surface area contributed by atoms with Gasteiger partial charge in [-0.1, -0.05) is 6.07 Å². The maximum absolute atomic E-state index is 11.2. The molecule has 0 aliphatic carbocycles. The van der Waals surface area contributed by atoms with Gasteiger partial charge in [0.15, 0.2) is 0 Å². The number of carbonyl (C=O) groups excluding carboxylic acids is 1. The number of aromatic nitrogens is 1. The summed E-state index contributed by atoms with van der Waals surface area (Å²) in [5, 5.41) is 2.79. The Labute approximate surface area is 70.8 Å². The maximum Gasteiger partial charge on any atom is 0.229 e. The molecule has 0 saturated carbocycles. The van der Waals surface area contributed by atoms with E-state index >= 15 is 0 Å². The summed E-state index contributed by atoms with van der Waals surface area (Å²) in [5.74, 6) is 0.0832. The molecule has 1 aromatic rings. The van der Waals surface area contributed by atoms with Crippen LogP contribution in [0.4, 0.5) is 0 Å². The average molecular weight is 162 g/mol. The number of rotatable bonds is 1. The summed E-state index contributed by atoms with van der Waals surface area (Å²) in [5.41, 5.74) is 0.882. The van der Waals surface area contributed by atoms with E-state index in [1.165, 1.54) is 0 Å². The molecule has 1 fully saturated rings. The van der Waals surface area contributed by atoms with E-state index < -0.39 is 0 Å². The van der Waals surface area contributed by atoms with E-state index in [2.05, 4.69) is 10.3 Å². The third-order valence-corrected chi connectivity index (χ3v) is 2.09. The molecule has 3 heteroatoms. The van der Waals surface area contributed by atoms with Crippen LogP contribution in [0.5, 0.6) is 0 Å². The van der Waals surface area contributed by atoms with Gasteiger partial charge in [0.2, 0.25) is 5.91 Å². The van der Waals surface area contributed by atoms with Gasteiger partial charge in [0, 0.05) is 12.7 Å². The first kappa shape index (κ1) is 7.28. The van der Waals surface area contributed by atoms with Crippen LogP contribution in [-0.2, 0) is 4.79 Å². The zero-order valence-electron chi connectivity index (χ0n) is 6.66. The second-order valence-corrected chi connectivity index (χ2v) is 2.89. The minimum absolute atomic E-state index is 0.0220. The Kier molecular flexibility index (Phi) is 1.78. The lowest BCUT2D eigenvalue weighted by molar-refractivity contribution is -0.120. The smallest absolute Gasteiger partial charge is 0.229 e. The summed E-state index contributed by atoms with van der Waals surface area (Å²) in [6.07, 6.45) is 2.59. The number of nitrogens with one attached hydrogen (secondary N) is 1. The molecule has 0 radical (unpaired) electrons. The van der Waals surface area contributed by atoms with Crippen molar-refractivity contribution in [3.8, 4) is 0 Å². The Bertz CT molecular complexity index is 284. The zero-order valence-corrected chi connectivity index (χ0v) is 6.66. The Hall–Kier alpha value is -1.38. The molecule has 1 aromatic heterocycles. The van der Waals surface area contributed by atoms with Crippen LogP contribution in [0.3, 0.4) is 0 Å². The van der Waals surface area contributed by atoms with Crippen LogP contribution in [0.1, 0.15) is 18.0 Å². The summed E-state index contributed by atoms with van der Waals surface area (Å²) in [6, 6.07) is 5.67. The van der Waals surface area contributed by atoms with E-state index in [0.29, 0.717) is 0 Å². The minimum Gasteiger partial charge on any atom is -0.355 e. The molecule has 0 spiro atoms. The zero-order chi connectivity index (χ0) is 8.39. The molecule has 62 valence electrons. The highest BCUT2D eigenvalue weighted by Crippen LogP contribution is 2.20. The van der Waals surface area contributed by atoms with E-state index in [0.717, 1.165) is 18.7 Å². The molecular formula is C9H10N2O. The average Bonchev–Trinajstić information content (AvgIpc) is 2.53. The highest BCUT2D eigenvalue weighted by atomic mass is 16.2. The summed E-state index contributed by atoms with van der Waals surface area (Å²) in [7, 11) is 0. The van der Waals surface area contributed by atoms with Crippen molar-refractivity contribution in [2.75, 3.05) is 6.54 Å². The van der Waals surface area contributed by atoms with Crippen LogP contribution in [-0.4, -0.2) is 17.4 Å². The van der Waals surface area contributed by atoms with Gasteiger partial charge in [-0.15, -0.1) is 0 Å². The molecule has 12 heavy (non-hydrogen) atoms. The lowest BCUT2D eigenvalue weighted by atomic mass is 10.0. The summed E-state index contributed by atoms with van der Waals surface area (Å²) in [6.45, 7) is 0.778. The van der Waals surface area contributed by atoms with Gasteiger partial charge in [0.05, 0.1) is 11.6 Å². The van der Waals surface area contributed by atoms with E-state index in [1.807, 2.05) is 18.2 Å². The van der Waals surface area contributed by atoms with Crippen molar-refractivity contribution in [2.24, 2.45) is 0 Å². The number of carbonyl (C=O) groups is 1. The molecule has 0 bridgehead atoms. The number of amides is 1. The summed E-state index contributed by atoms with van der Waals surface area (Å²) in [4.78, 5) is 15.4. The van der Waals surface area contributed by atoms with Gasteiger partial charge in [0.1, 0.15) is 0 Å². The predicted molar refractivity (Wildman–Crippen MR) is 44.6 cm³/mol. The number of hydrogen-bond donors (Lipinski definition) is 1. The van der Waals surface area contributed by atoms with E-state index in [1.54, 1.807) is 6.20 Å². The third kappa shape index (κ3) is 1.18. The molecule has 0 aromatic carbocycles. The van der Waals surface area contributed by atoms with Crippen molar-refractivity contribution in [3.05, 3.63) is 30.1 Å². The predicted octanol–water partition coefficient (Wildman–Crippen LogP) is 0.685. The van der Waals surface area contributed by atoms with Crippen LogP contribution in [0, 0.1) is 0 Å². The largest absolute Gasteiger partial charge is 0.355 e. The standard InChI is InChI=1S/C9H10N2O/c12-9-7(4-6-11-9)8-3-1-2-5-10-8/h1-3,5,7H,4,6H2,(H,11,12). The van der Waals surface area contributed by atoms with E-state index in [9.17, 15) is 4.79 Å². The number of pyridine rings is 1. The Morgan fingerprint density at radius 1 is 1.50 bits per heavy atom. The minimum atomic E-state index is -0.0220. The lowest BCUT2D eigenvalue weighted by Crippen LogP contribution is -2.18. The topological polar surface area (TPSA) is 42.0 Å². The van der Waals surface area contributed by atoms with E-state index in [4.69, 9.17) is 0 Å². The quantitative estimate of drug-likeness (QED) is 0.660. The molecule has 1 N–H and O–H groups in total. The van der Waals surface area contributed by atoms with Gasteiger partial charge < -0.3 is 5.32 Å².